The molecular formula is C24H20ClN3O3. The fourth-order valence-electron chi connectivity index (χ4n) is 3.48. The van der Waals surface area contributed by atoms with Crippen molar-refractivity contribution in [2.45, 2.75) is 13.0 Å². The molecule has 0 saturated carbocycles. The van der Waals surface area contributed by atoms with E-state index in [0.717, 1.165) is 16.8 Å². The van der Waals surface area contributed by atoms with E-state index >= 15 is 0 Å². The Balaban J connectivity index is 1.66. The van der Waals surface area contributed by atoms with Crippen LogP contribution >= 0.6 is 11.6 Å². The molecule has 1 aromatic heterocycles. The summed E-state index contributed by atoms with van der Waals surface area (Å²) in [7, 11) is 1.76. The summed E-state index contributed by atoms with van der Waals surface area (Å²) in [5.74, 6) is -0.347. The molecule has 0 radical (unpaired) electrons. The number of amides is 1. The SMILES string of the molecule is CN(C(=O)CCn1c(-c2ccc(C(=O)O)cc2)nc2cc(Cl)ccc21)c1ccccc1. The second kappa shape index (κ2) is 8.62. The molecule has 1 N–H and O–H groups in total. The van der Waals surface area contributed by atoms with Gasteiger partial charge in [0.25, 0.3) is 0 Å². The molecular weight excluding hydrogens is 414 g/mol. The Morgan fingerprint density at radius 1 is 1.03 bits per heavy atom. The average Bonchev–Trinajstić information content (AvgIpc) is 3.15. The number of carbonyl (C=O) groups excluding carboxylic acids is 1. The molecule has 3 aromatic carbocycles. The number of anilines is 1. The van der Waals surface area contributed by atoms with E-state index in [9.17, 15) is 9.59 Å². The van der Waals surface area contributed by atoms with Gasteiger partial charge in [0.05, 0.1) is 16.6 Å². The normalized spacial score (nSPS) is 10.9. The highest BCUT2D eigenvalue weighted by Gasteiger charge is 2.17. The molecule has 1 amide bonds. The molecule has 0 atom stereocenters. The van der Waals surface area contributed by atoms with Gasteiger partial charge in [0.2, 0.25) is 5.91 Å². The van der Waals surface area contributed by atoms with Crippen molar-refractivity contribution in [3.8, 4) is 11.4 Å². The van der Waals surface area contributed by atoms with E-state index in [2.05, 4.69) is 0 Å². The van der Waals surface area contributed by atoms with E-state index in [4.69, 9.17) is 21.7 Å². The van der Waals surface area contributed by atoms with Gasteiger partial charge in [0, 0.05) is 36.3 Å². The topological polar surface area (TPSA) is 75.4 Å². The first kappa shape index (κ1) is 20.6. The number of carboxylic acid groups (broad SMARTS) is 1. The van der Waals surface area contributed by atoms with Gasteiger partial charge in [-0.25, -0.2) is 9.78 Å². The van der Waals surface area contributed by atoms with E-state index in [1.165, 1.54) is 0 Å². The molecule has 0 aliphatic heterocycles. The van der Waals surface area contributed by atoms with Crippen molar-refractivity contribution >= 4 is 40.2 Å². The summed E-state index contributed by atoms with van der Waals surface area (Å²) in [5.41, 5.74) is 3.38. The summed E-state index contributed by atoms with van der Waals surface area (Å²) >= 11 is 6.14. The molecule has 0 fully saturated rings. The number of hydrogen-bond donors (Lipinski definition) is 1. The molecule has 156 valence electrons. The van der Waals surface area contributed by atoms with E-state index < -0.39 is 5.97 Å². The van der Waals surface area contributed by atoms with Crippen molar-refractivity contribution in [2.75, 3.05) is 11.9 Å². The van der Waals surface area contributed by atoms with Crippen molar-refractivity contribution in [3.05, 3.63) is 83.4 Å². The molecule has 6 nitrogen and oxygen atoms in total. The zero-order valence-corrected chi connectivity index (χ0v) is 17.6. The van der Waals surface area contributed by atoms with Gasteiger partial charge in [-0.15, -0.1) is 0 Å². The Bertz CT molecular complexity index is 1250. The van der Waals surface area contributed by atoms with E-state index in [1.54, 1.807) is 48.3 Å². The predicted molar refractivity (Wildman–Crippen MR) is 122 cm³/mol. The highest BCUT2D eigenvalue weighted by molar-refractivity contribution is 6.31. The number of halogens is 1. The Morgan fingerprint density at radius 3 is 2.42 bits per heavy atom. The smallest absolute Gasteiger partial charge is 0.335 e. The largest absolute Gasteiger partial charge is 0.478 e. The molecule has 0 bridgehead atoms. The number of fused-ring (bicyclic) bond motifs is 1. The summed E-state index contributed by atoms with van der Waals surface area (Å²) in [6.07, 6.45) is 0.277. The minimum atomic E-state index is -0.985. The maximum absolute atomic E-state index is 12.8. The van der Waals surface area contributed by atoms with E-state index in [0.29, 0.717) is 22.9 Å². The molecule has 31 heavy (non-hydrogen) atoms. The zero-order chi connectivity index (χ0) is 22.0. The molecule has 0 saturated heterocycles. The van der Waals surface area contributed by atoms with Crippen molar-refractivity contribution in [3.63, 3.8) is 0 Å². The first-order valence-electron chi connectivity index (χ1n) is 9.75. The fraction of sp³-hybridized carbons (Fsp3) is 0.125. The summed E-state index contributed by atoms with van der Waals surface area (Å²) in [4.78, 5) is 30.3. The van der Waals surface area contributed by atoms with Crippen LogP contribution in [0.4, 0.5) is 5.69 Å². The first-order chi connectivity index (χ1) is 14.9. The van der Waals surface area contributed by atoms with Crippen LogP contribution in [-0.2, 0) is 11.3 Å². The number of carbonyl (C=O) groups is 2. The lowest BCUT2D eigenvalue weighted by molar-refractivity contribution is -0.118. The number of para-hydroxylation sites is 1. The van der Waals surface area contributed by atoms with Crippen LogP contribution in [0.2, 0.25) is 5.02 Å². The Kier molecular flexibility index (Phi) is 5.73. The molecule has 0 unspecified atom stereocenters. The van der Waals surface area contributed by atoms with Crippen LogP contribution in [0.15, 0.2) is 72.8 Å². The summed E-state index contributed by atoms with van der Waals surface area (Å²) in [6.45, 7) is 0.421. The fourth-order valence-corrected chi connectivity index (χ4v) is 3.65. The van der Waals surface area contributed by atoms with Gasteiger partial charge in [0.15, 0.2) is 0 Å². The zero-order valence-electron chi connectivity index (χ0n) is 16.8. The van der Waals surface area contributed by atoms with E-state index in [1.807, 2.05) is 41.0 Å². The van der Waals surface area contributed by atoms with Crippen molar-refractivity contribution in [1.82, 2.24) is 9.55 Å². The van der Waals surface area contributed by atoms with Crippen LogP contribution in [0.25, 0.3) is 22.4 Å². The lowest BCUT2D eigenvalue weighted by atomic mass is 10.1. The highest BCUT2D eigenvalue weighted by Crippen LogP contribution is 2.28. The van der Waals surface area contributed by atoms with Crippen LogP contribution in [0.1, 0.15) is 16.8 Å². The summed E-state index contributed by atoms with van der Waals surface area (Å²) < 4.78 is 1.97. The highest BCUT2D eigenvalue weighted by atomic mass is 35.5. The predicted octanol–water partition coefficient (Wildman–Crippen LogP) is 5.11. The van der Waals surface area contributed by atoms with Crippen molar-refractivity contribution in [2.24, 2.45) is 0 Å². The number of aromatic carboxylic acids is 1. The number of rotatable bonds is 6. The van der Waals surface area contributed by atoms with Gasteiger partial charge in [-0.05, 0) is 42.5 Å². The monoisotopic (exact) mass is 433 g/mol. The number of aryl methyl sites for hydroxylation is 1. The standard InChI is InChI=1S/C24H20ClN3O3/c1-27(19-5-3-2-4-6-19)22(29)13-14-28-21-12-11-18(25)15-20(21)26-23(28)16-7-9-17(10-8-16)24(30)31/h2-12,15H,13-14H2,1H3,(H,30,31). The second-order valence-corrected chi connectivity index (χ2v) is 7.58. The molecule has 4 aromatic rings. The number of carboxylic acids is 1. The summed E-state index contributed by atoms with van der Waals surface area (Å²) in [5, 5.41) is 9.73. The van der Waals surface area contributed by atoms with Gasteiger partial charge >= 0.3 is 5.97 Å². The number of aromatic nitrogens is 2. The quantitative estimate of drug-likeness (QED) is 0.458. The van der Waals surface area contributed by atoms with Crippen LogP contribution in [-0.4, -0.2) is 33.6 Å². The molecule has 0 aliphatic rings. The molecule has 7 heteroatoms. The number of benzene rings is 3. The van der Waals surface area contributed by atoms with E-state index in [-0.39, 0.29) is 17.9 Å². The molecule has 1 heterocycles. The minimum absolute atomic E-state index is 0.0193. The molecule has 0 spiro atoms. The molecule has 0 aliphatic carbocycles. The lowest BCUT2D eigenvalue weighted by Gasteiger charge is -2.18. The van der Waals surface area contributed by atoms with Gasteiger partial charge < -0.3 is 14.6 Å². The van der Waals surface area contributed by atoms with Crippen LogP contribution < -0.4 is 4.90 Å². The number of imidazole rings is 1. The van der Waals surface area contributed by atoms with Gasteiger partial charge in [-0.1, -0.05) is 41.9 Å². The van der Waals surface area contributed by atoms with Crippen molar-refractivity contribution < 1.29 is 14.7 Å². The maximum Gasteiger partial charge on any atom is 0.335 e. The third kappa shape index (κ3) is 4.29. The third-order valence-electron chi connectivity index (χ3n) is 5.17. The van der Waals surface area contributed by atoms with Crippen LogP contribution in [0.5, 0.6) is 0 Å². The second-order valence-electron chi connectivity index (χ2n) is 7.14. The summed E-state index contributed by atoms with van der Waals surface area (Å²) in [6, 6.07) is 21.5. The molecule has 4 rings (SSSR count). The average molecular weight is 434 g/mol. The Hall–Kier alpha value is -3.64. The maximum atomic E-state index is 12.8. The Labute approximate surface area is 184 Å². The van der Waals surface area contributed by atoms with Crippen molar-refractivity contribution in [1.29, 1.82) is 0 Å². The first-order valence-corrected chi connectivity index (χ1v) is 10.1. The minimum Gasteiger partial charge on any atom is -0.478 e. The van der Waals surface area contributed by atoms with Gasteiger partial charge in [-0.3, -0.25) is 4.79 Å². The van der Waals surface area contributed by atoms with Gasteiger partial charge in [0.1, 0.15) is 5.82 Å². The van der Waals surface area contributed by atoms with Crippen LogP contribution in [0.3, 0.4) is 0 Å². The van der Waals surface area contributed by atoms with Crippen LogP contribution in [0, 0.1) is 0 Å². The number of hydrogen-bond acceptors (Lipinski definition) is 3. The third-order valence-corrected chi connectivity index (χ3v) is 5.40. The number of nitrogens with zero attached hydrogens (tertiary/aromatic N) is 3. The lowest BCUT2D eigenvalue weighted by Crippen LogP contribution is -2.27. The Morgan fingerprint density at radius 2 is 1.74 bits per heavy atom. The van der Waals surface area contributed by atoms with Gasteiger partial charge in [-0.2, -0.15) is 0 Å².